The standard InChI is InChI=1S/C12H9ClFN3O2/c13-8-5-4-7(6-9(8)14)16-11-3-1-2-10(15)12(11)17(18)19/h1-6,16H,15H2. The fraction of sp³-hybridized carbons (Fsp3) is 0. The molecule has 7 heteroatoms. The number of para-hydroxylation sites is 1. The van der Waals surface area contributed by atoms with Gasteiger partial charge in [0.15, 0.2) is 0 Å². The fourth-order valence-corrected chi connectivity index (χ4v) is 1.71. The van der Waals surface area contributed by atoms with E-state index in [2.05, 4.69) is 5.32 Å². The highest BCUT2D eigenvalue weighted by Gasteiger charge is 2.17. The summed E-state index contributed by atoms with van der Waals surface area (Å²) in [6, 6.07) is 8.49. The molecule has 2 aromatic carbocycles. The van der Waals surface area contributed by atoms with Crippen molar-refractivity contribution in [1.82, 2.24) is 0 Å². The van der Waals surface area contributed by atoms with Gasteiger partial charge in [-0.05, 0) is 30.3 Å². The van der Waals surface area contributed by atoms with Crippen LogP contribution in [0.1, 0.15) is 0 Å². The molecule has 0 fully saturated rings. The Morgan fingerprint density at radius 3 is 2.68 bits per heavy atom. The molecule has 0 saturated carbocycles. The Hall–Kier alpha value is -2.34. The summed E-state index contributed by atoms with van der Waals surface area (Å²) >= 11 is 5.56. The minimum atomic E-state index is -0.613. The number of anilines is 3. The van der Waals surface area contributed by atoms with Crippen LogP contribution in [0, 0.1) is 15.9 Å². The van der Waals surface area contributed by atoms with Gasteiger partial charge in [0.25, 0.3) is 0 Å². The number of nitro groups is 1. The number of halogens is 2. The number of nitrogens with one attached hydrogen (secondary N) is 1. The van der Waals surface area contributed by atoms with Gasteiger partial charge in [0.1, 0.15) is 17.2 Å². The van der Waals surface area contributed by atoms with Crippen LogP contribution >= 0.6 is 11.6 Å². The molecule has 3 N–H and O–H groups in total. The average molecular weight is 282 g/mol. The van der Waals surface area contributed by atoms with Gasteiger partial charge in [-0.1, -0.05) is 17.7 Å². The summed E-state index contributed by atoms with van der Waals surface area (Å²) < 4.78 is 13.3. The van der Waals surface area contributed by atoms with Crippen molar-refractivity contribution in [2.45, 2.75) is 0 Å². The Balaban J connectivity index is 2.40. The van der Waals surface area contributed by atoms with Crippen molar-refractivity contribution in [3.8, 4) is 0 Å². The first-order valence-corrected chi connectivity index (χ1v) is 5.62. The lowest BCUT2D eigenvalue weighted by molar-refractivity contribution is -0.383. The average Bonchev–Trinajstić information content (AvgIpc) is 2.33. The Morgan fingerprint density at radius 2 is 2.05 bits per heavy atom. The normalized spacial score (nSPS) is 10.2. The molecule has 0 unspecified atom stereocenters. The summed E-state index contributed by atoms with van der Waals surface area (Å²) in [7, 11) is 0. The molecule has 0 aliphatic carbocycles. The van der Waals surface area contributed by atoms with Crippen molar-refractivity contribution in [3.63, 3.8) is 0 Å². The second-order valence-electron chi connectivity index (χ2n) is 3.75. The molecule has 19 heavy (non-hydrogen) atoms. The first-order valence-electron chi connectivity index (χ1n) is 5.24. The summed E-state index contributed by atoms with van der Waals surface area (Å²) in [6.45, 7) is 0. The third-order valence-corrected chi connectivity index (χ3v) is 2.75. The van der Waals surface area contributed by atoms with Crippen molar-refractivity contribution in [2.24, 2.45) is 0 Å². The van der Waals surface area contributed by atoms with Gasteiger partial charge in [0.05, 0.1) is 9.95 Å². The number of nitrogens with two attached hydrogens (primary N) is 1. The Bertz CT molecular complexity index is 649. The third kappa shape index (κ3) is 2.74. The molecule has 0 heterocycles. The van der Waals surface area contributed by atoms with E-state index in [4.69, 9.17) is 17.3 Å². The minimum Gasteiger partial charge on any atom is -0.393 e. The molecule has 0 spiro atoms. The summed E-state index contributed by atoms with van der Waals surface area (Å²) in [6.07, 6.45) is 0. The molecule has 0 aliphatic heterocycles. The SMILES string of the molecule is Nc1cccc(Nc2ccc(Cl)c(F)c2)c1[N+](=O)[O-]. The predicted molar refractivity (Wildman–Crippen MR) is 72.2 cm³/mol. The van der Waals surface area contributed by atoms with E-state index in [1.54, 1.807) is 6.07 Å². The lowest BCUT2D eigenvalue weighted by Crippen LogP contribution is -2.01. The molecular formula is C12H9ClFN3O2. The molecular weight excluding hydrogens is 273 g/mol. The van der Waals surface area contributed by atoms with E-state index in [0.717, 1.165) is 6.07 Å². The van der Waals surface area contributed by atoms with E-state index >= 15 is 0 Å². The van der Waals surface area contributed by atoms with E-state index in [1.807, 2.05) is 0 Å². The molecule has 0 radical (unpaired) electrons. The fourth-order valence-electron chi connectivity index (χ4n) is 1.60. The number of hydrogen-bond donors (Lipinski definition) is 2. The van der Waals surface area contributed by atoms with Crippen LogP contribution in [-0.2, 0) is 0 Å². The number of nitrogen functional groups attached to an aromatic ring is 1. The number of rotatable bonds is 3. The van der Waals surface area contributed by atoms with Crippen LogP contribution < -0.4 is 11.1 Å². The van der Waals surface area contributed by atoms with Crippen molar-refractivity contribution >= 4 is 34.4 Å². The third-order valence-electron chi connectivity index (χ3n) is 2.45. The van der Waals surface area contributed by atoms with Crippen LogP contribution in [0.3, 0.4) is 0 Å². The number of nitrogens with zero attached hydrogens (tertiary/aromatic N) is 1. The highest BCUT2D eigenvalue weighted by atomic mass is 35.5. The molecule has 0 aliphatic rings. The Labute approximate surface area is 113 Å². The summed E-state index contributed by atoms with van der Waals surface area (Å²) in [5, 5.41) is 13.7. The highest BCUT2D eigenvalue weighted by Crippen LogP contribution is 2.33. The molecule has 0 atom stereocenters. The van der Waals surface area contributed by atoms with Crippen LogP contribution in [-0.4, -0.2) is 4.92 Å². The zero-order valence-electron chi connectivity index (χ0n) is 9.56. The minimum absolute atomic E-state index is 0.0207. The van der Waals surface area contributed by atoms with Gasteiger partial charge in [-0.3, -0.25) is 10.1 Å². The summed E-state index contributed by atoms with van der Waals surface area (Å²) in [5.74, 6) is -0.613. The smallest absolute Gasteiger partial charge is 0.315 e. The van der Waals surface area contributed by atoms with Gasteiger partial charge in [0.2, 0.25) is 0 Å². The van der Waals surface area contributed by atoms with Crippen molar-refractivity contribution in [1.29, 1.82) is 0 Å². The van der Waals surface area contributed by atoms with Gasteiger partial charge < -0.3 is 11.1 Å². The first-order chi connectivity index (χ1) is 8.99. The van der Waals surface area contributed by atoms with E-state index in [9.17, 15) is 14.5 Å². The van der Waals surface area contributed by atoms with Gasteiger partial charge in [-0.2, -0.15) is 0 Å². The van der Waals surface area contributed by atoms with Gasteiger partial charge in [-0.25, -0.2) is 4.39 Å². The van der Waals surface area contributed by atoms with E-state index < -0.39 is 10.7 Å². The highest BCUT2D eigenvalue weighted by molar-refractivity contribution is 6.30. The number of benzene rings is 2. The Kier molecular flexibility index (Phi) is 3.52. The monoisotopic (exact) mass is 281 g/mol. The molecule has 0 amide bonds. The predicted octanol–water partition coefficient (Wildman–Crippen LogP) is 3.71. The molecule has 5 nitrogen and oxygen atoms in total. The van der Waals surface area contributed by atoms with Gasteiger partial charge >= 0.3 is 5.69 Å². The topological polar surface area (TPSA) is 81.2 Å². The van der Waals surface area contributed by atoms with Crippen LogP contribution in [0.5, 0.6) is 0 Å². The zero-order chi connectivity index (χ0) is 14.0. The number of nitro benzene ring substituents is 1. The van der Waals surface area contributed by atoms with Crippen LogP contribution in [0.2, 0.25) is 5.02 Å². The maximum atomic E-state index is 13.3. The van der Waals surface area contributed by atoms with Gasteiger partial charge in [-0.15, -0.1) is 0 Å². The molecule has 98 valence electrons. The van der Waals surface area contributed by atoms with Crippen LogP contribution in [0.15, 0.2) is 36.4 Å². The Morgan fingerprint density at radius 1 is 1.32 bits per heavy atom. The van der Waals surface area contributed by atoms with E-state index in [0.29, 0.717) is 5.69 Å². The zero-order valence-corrected chi connectivity index (χ0v) is 10.3. The van der Waals surface area contributed by atoms with Crippen LogP contribution in [0.25, 0.3) is 0 Å². The maximum Gasteiger partial charge on any atom is 0.315 e. The quantitative estimate of drug-likeness (QED) is 0.510. The molecule has 0 bridgehead atoms. The van der Waals surface area contributed by atoms with Crippen LogP contribution in [0.4, 0.5) is 27.1 Å². The largest absolute Gasteiger partial charge is 0.393 e. The van der Waals surface area contributed by atoms with E-state index in [1.165, 1.54) is 24.3 Å². The summed E-state index contributed by atoms with van der Waals surface area (Å²) in [5.41, 5.74) is 5.86. The second kappa shape index (κ2) is 5.11. The van der Waals surface area contributed by atoms with E-state index in [-0.39, 0.29) is 22.1 Å². The lowest BCUT2D eigenvalue weighted by Gasteiger charge is -2.08. The van der Waals surface area contributed by atoms with Crippen molar-refractivity contribution in [3.05, 3.63) is 57.4 Å². The van der Waals surface area contributed by atoms with Crippen molar-refractivity contribution < 1.29 is 9.31 Å². The summed E-state index contributed by atoms with van der Waals surface area (Å²) in [4.78, 5) is 10.4. The molecule has 0 saturated heterocycles. The van der Waals surface area contributed by atoms with Gasteiger partial charge in [0, 0.05) is 5.69 Å². The molecule has 2 aromatic rings. The maximum absolute atomic E-state index is 13.3. The lowest BCUT2D eigenvalue weighted by atomic mass is 10.2. The second-order valence-corrected chi connectivity index (χ2v) is 4.16. The molecule has 2 rings (SSSR count). The first kappa shape index (κ1) is 13.1. The number of hydrogen-bond acceptors (Lipinski definition) is 4. The van der Waals surface area contributed by atoms with Crippen molar-refractivity contribution in [2.75, 3.05) is 11.1 Å². The molecule has 0 aromatic heterocycles.